The molecule has 0 unspecified atom stereocenters. The van der Waals surface area contributed by atoms with Crippen LogP contribution in [0.3, 0.4) is 0 Å². The van der Waals surface area contributed by atoms with E-state index >= 15 is 0 Å². The summed E-state index contributed by atoms with van der Waals surface area (Å²) in [7, 11) is 0. The minimum atomic E-state index is -0.397. The largest absolute Gasteiger partial charge is 0.494 e. The summed E-state index contributed by atoms with van der Waals surface area (Å²) in [4.78, 5) is 16.8. The van der Waals surface area contributed by atoms with Crippen molar-refractivity contribution in [2.75, 3.05) is 6.61 Å². The van der Waals surface area contributed by atoms with Gasteiger partial charge in [-0.2, -0.15) is 0 Å². The van der Waals surface area contributed by atoms with E-state index in [0.717, 1.165) is 35.4 Å². The van der Waals surface area contributed by atoms with E-state index in [9.17, 15) is 4.79 Å². The predicted molar refractivity (Wildman–Crippen MR) is 117 cm³/mol. The summed E-state index contributed by atoms with van der Waals surface area (Å²) in [6, 6.07) is 22.2. The predicted octanol–water partition coefficient (Wildman–Crippen LogP) is 6.14. The maximum Gasteiger partial charge on any atom is 0.343 e. The lowest BCUT2D eigenvalue weighted by Gasteiger charge is -2.07. The number of rotatable bonds is 8. The topological polar surface area (TPSA) is 47.9 Å². The van der Waals surface area contributed by atoms with Gasteiger partial charge in [0.15, 0.2) is 0 Å². The van der Waals surface area contributed by atoms with Crippen LogP contribution in [-0.2, 0) is 0 Å². The zero-order valence-electron chi connectivity index (χ0n) is 16.8. The maximum atomic E-state index is 12.3. The molecule has 0 aliphatic heterocycles. The zero-order chi connectivity index (χ0) is 20.5. The van der Waals surface area contributed by atoms with Crippen LogP contribution in [0.15, 0.2) is 77.8 Å². The van der Waals surface area contributed by atoms with Gasteiger partial charge < -0.3 is 9.47 Å². The molecule has 0 aromatic heterocycles. The van der Waals surface area contributed by atoms with Crippen LogP contribution in [0, 0.1) is 6.92 Å². The summed E-state index contributed by atoms with van der Waals surface area (Å²) in [6.07, 6.45) is 3.89. The number of aliphatic imine (C=N–C) groups is 1. The molecule has 0 heterocycles. The molecule has 0 amide bonds. The fraction of sp³-hybridized carbons (Fsp3) is 0.200. The molecule has 0 N–H and O–H groups in total. The number of hydrogen-bond donors (Lipinski definition) is 0. The van der Waals surface area contributed by atoms with Crippen LogP contribution < -0.4 is 9.47 Å². The van der Waals surface area contributed by atoms with E-state index in [1.165, 1.54) is 0 Å². The van der Waals surface area contributed by atoms with Crippen LogP contribution >= 0.6 is 0 Å². The first-order chi connectivity index (χ1) is 14.2. The summed E-state index contributed by atoms with van der Waals surface area (Å²) in [5.41, 5.74) is 3.47. The molecule has 3 rings (SSSR count). The highest BCUT2D eigenvalue weighted by Crippen LogP contribution is 2.19. The Labute approximate surface area is 171 Å². The van der Waals surface area contributed by atoms with Crippen LogP contribution in [0.4, 0.5) is 5.69 Å². The molecule has 0 fully saturated rings. The monoisotopic (exact) mass is 387 g/mol. The van der Waals surface area contributed by atoms with E-state index in [2.05, 4.69) is 11.9 Å². The average Bonchev–Trinajstić information content (AvgIpc) is 2.75. The van der Waals surface area contributed by atoms with Gasteiger partial charge in [0.1, 0.15) is 11.5 Å². The van der Waals surface area contributed by atoms with Gasteiger partial charge in [-0.05, 0) is 79.1 Å². The molecule has 0 spiro atoms. The van der Waals surface area contributed by atoms with Crippen molar-refractivity contribution in [2.45, 2.75) is 26.7 Å². The summed E-state index contributed by atoms with van der Waals surface area (Å²) < 4.78 is 11.1. The summed E-state index contributed by atoms with van der Waals surface area (Å²) >= 11 is 0. The Bertz CT molecular complexity index is 960. The zero-order valence-corrected chi connectivity index (χ0v) is 16.8. The molecule has 0 saturated heterocycles. The van der Waals surface area contributed by atoms with Gasteiger partial charge in [-0.1, -0.05) is 31.5 Å². The SMILES string of the molecule is CCCCOc1ccc(C(=O)Oc2ccc(C=Nc3ccccc3C)cc2)cc1. The molecular weight excluding hydrogens is 362 g/mol. The third kappa shape index (κ3) is 6.04. The second-order valence-electron chi connectivity index (χ2n) is 6.73. The molecule has 148 valence electrons. The highest BCUT2D eigenvalue weighted by molar-refractivity contribution is 5.91. The maximum absolute atomic E-state index is 12.3. The molecule has 0 saturated carbocycles. The Morgan fingerprint density at radius 1 is 0.931 bits per heavy atom. The Hall–Kier alpha value is -3.40. The van der Waals surface area contributed by atoms with Gasteiger partial charge in [0, 0.05) is 6.21 Å². The van der Waals surface area contributed by atoms with Crippen molar-refractivity contribution >= 4 is 17.9 Å². The molecule has 0 aliphatic carbocycles. The lowest BCUT2D eigenvalue weighted by atomic mass is 10.2. The fourth-order valence-corrected chi connectivity index (χ4v) is 2.66. The summed E-state index contributed by atoms with van der Waals surface area (Å²) in [5, 5.41) is 0. The van der Waals surface area contributed by atoms with Crippen molar-refractivity contribution in [3.8, 4) is 11.5 Å². The van der Waals surface area contributed by atoms with Gasteiger partial charge in [0.05, 0.1) is 17.9 Å². The summed E-state index contributed by atoms with van der Waals surface area (Å²) in [6.45, 7) is 4.82. The average molecular weight is 387 g/mol. The number of carbonyl (C=O) groups is 1. The van der Waals surface area contributed by atoms with E-state index in [1.807, 2.05) is 43.3 Å². The van der Waals surface area contributed by atoms with Gasteiger partial charge >= 0.3 is 5.97 Å². The minimum absolute atomic E-state index is 0.397. The summed E-state index contributed by atoms with van der Waals surface area (Å²) in [5.74, 6) is 0.852. The number of hydrogen-bond acceptors (Lipinski definition) is 4. The van der Waals surface area contributed by atoms with Crippen LogP contribution in [0.25, 0.3) is 0 Å². The Morgan fingerprint density at radius 2 is 1.62 bits per heavy atom. The van der Waals surface area contributed by atoms with E-state index in [1.54, 1.807) is 42.6 Å². The molecule has 0 atom stereocenters. The number of unbranched alkanes of at least 4 members (excludes halogenated alkanes) is 1. The molecule has 0 radical (unpaired) electrons. The fourth-order valence-electron chi connectivity index (χ4n) is 2.66. The van der Waals surface area contributed by atoms with Gasteiger partial charge in [-0.25, -0.2) is 4.79 Å². The van der Waals surface area contributed by atoms with Gasteiger partial charge in [0.2, 0.25) is 0 Å². The lowest BCUT2D eigenvalue weighted by Crippen LogP contribution is -2.08. The Balaban J connectivity index is 1.57. The van der Waals surface area contributed by atoms with Gasteiger partial charge in [0.25, 0.3) is 0 Å². The number of ether oxygens (including phenoxy) is 2. The molecule has 3 aromatic carbocycles. The second-order valence-corrected chi connectivity index (χ2v) is 6.73. The molecular formula is C25H25NO3. The smallest absolute Gasteiger partial charge is 0.343 e. The highest BCUT2D eigenvalue weighted by Gasteiger charge is 2.09. The number of para-hydroxylation sites is 1. The normalized spacial score (nSPS) is 10.8. The first kappa shape index (κ1) is 20.3. The number of carbonyl (C=O) groups excluding carboxylic acids is 1. The van der Waals surface area contributed by atoms with Crippen molar-refractivity contribution in [2.24, 2.45) is 4.99 Å². The number of benzene rings is 3. The number of nitrogens with zero attached hydrogens (tertiary/aromatic N) is 1. The second kappa shape index (κ2) is 10.2. The number of esters is 1. The lowest BCUT2D eigenvalue weighted by molar-refractivity contribution is 0.0734. The molecule has 0 bridgehead atoms. The van der Waals surface area contributed by atoms with E-state index < -0.39 is 5.97 Å². The Morgan fingerprint density at radius 3 is 2.31 bits per heavy atom. The van der Waals surface area contributed by atoms with Gasteiger partial charge in [-0.3, -0.25) is 4.99 Å². The van der Waals surface area contributed by atoms with Crippen LogP contribution in [-0.4, -0.2) is 18.8 Å². The minimum Gasteiger partial charge on any atom is -0.494 e. The highest BCUT2D eigenvalue weighted by atomic mass is 16.5. The standard InChI is InChI=1S/C25H25NO3/c1-3-4-17-28-22-15-11-21(12-16-22)25(27)29-23-13-9-20(10-14-23)18-26-24-8-6-5-7-19(24)2/h5-16,18H,3-4,17H2,1-2H3. The molecule has 0 aliphatic rings. The van der Waals surface area contributed by atoms with E-state index in [4.69, 9.17) is 9.47 Å². The molecule has 3 aromatic rings. The Kier molecular flexibility index (Phi) is 7.17. The van der Waals surface area contributed by atoms with Crippen molar-refractivity contribution in [1.29, 1.82) is 0 Å². The molecule has 29 heavy (non-hydrogen) atoms. The first-order valence-electron chi connectivity index (χ1n) is 9.80. The van der Waals surface area contributed by atoms with Crippen molar-refractivity contribution in [3.63, 3.8) is 0 Å². The van der Waals surface area contributed by atoms with Crippen LogP contribution in [0.2, 0.25) is 0 Å². The van der Waals surface area contributed by atoms with E-state index in [-0.39, 0.29) is 0 Å². The van der Waals surface area contributed by atoms with Crippen molar-refractivity contribution < 1.29 is 14.3 Å². The van der Waals surface area contributed by atoms with Crippen molar-refractivity contribution in [3.05, 3.63) is 89.5 Å². The van der Waals surface area contributed by atoms with Crippen LogP contribution in [0.5, 0.6) is 11.5 Å². The third-order valence-corrected chi connectivity index (χ3v) is 4.42. The molecule has 4 heteroatoms. The van der Waals surface area contributed by atoms with Gasteiger partial charge in [-0.15, -0.1) is 0 Å². The third-order valence-electron chi connectivity index (χ3n) is 4.42. The number of aryl methyl sites for hydroxylation is 1. The molecule has 4 nitrogen and oxygen atoms in total. The van der Waals surface area contributed by atoms with Crippen molar-refractivity contribution in [1.82, 2.24) is 0 Å². The van der Waals surface area contributed by atoms with Crippen LogP contribution in [0.1, 0.15) is 41.3 Å². The first-order valence-corrected chi connectivity index (χ1v) is 9.80. The quantitative estimate of drug-likeness (QED) is 0.202. The van der Waals surface area contributed by atoms with E-state index in [0.29, 0.717) is 17.9 Å².